The summed E-state index contributed by atoms with van der Waals surface area (Å²) >= 11 is 0. The summed E-state index contributed by atoms with van der Waals surface area (Å²) in [6.45, 7) is 8.48. The fraction of sp³-hybridized carbons (Fsp3) is 0.625. The van der Waals surface area contributed by atoms with Crippen molar-refractivity contribution in [1.29, 1.82) is 0 Å². The average Bonchev–Trinajstić information content (AvgIpc) is 2.90. The lowest BCUT2D eigenvalue weighted by Crippen LogP contribution is -2.21. The maximum atomic E-state index is 9.20. The summed E-state index contributed by atoms with van der Waals surface area (Å²) in [6, 6.07) is 6.16. The van der Waals surface area contributed by atoms with Gasteiger partial charge in [-0.05, 0) is 50.4 Å². The van der Waals surface area contributed by atoms with Gasteiger partial charge in [-0.25, -0.2) is 0 Å². The molecule has 1 saturated heterocycles. The lowest BCUT2D eigenvalue weighted by atomic mass is 10.1. The monoisotopic (exact) mass is 279 g/mol. The number of rotatable bonds is 7. The molecule has 0 aliphatic carbocycles. The molecule has 20 heavy (non-hydrogen) atoms. The lowest BCUT2D eigenvalue weighted by molar-refractivity contribution is 0.220. The van der Waals surface area contributed by atoms with Gasteiger partial charge in [-0.2, -0.15) is 0 Å². The maximum Gasteiger partial charge on any atom is 0.161 e. The SMILES string of the molecule is CCOc1ccc(CN2CCC(CO)C2)cc1OCC. The first-order valence-corrected chi connectivity index (χ1v) is 7.48. The van der Waals surface area contributed by atoms with Crippen molar-refractivity contribution in [3.8, 4) is 11.5 Å². The second-order valence-corrected chi connectivity index (χ2v) is 5.22. The molecule has 0 amide bonds. The van der Waals surface area contributed by atoms with Crippen LogP contribution >= 0.6 is 0 Å². The van der Waals surface area contributed by atoms with Crippen LogP contribution in [0.4, 0.5) is 0 Å². The van der Waals surface area contributed by atoms with Gasteiger partial charge in [-0.1, -0.05) is 6.07 Å². The highest BCUT2D eigenvalue weighted by atomic mass is 16.5. The number of hydrogen-bond donors (Lipinski definition) is 1. The topological polar surface area (TPSA) is 41.9 Å². The normalized spacial score (nSPS) is 19.2. The smallest absolute Gasteiger partial charge is 0.161 e. The first-order chi connectivity index (χ1) is 9.76. The predicted molar refractivity (Wildman–Crippen MR) is 79.2 cm³/mol. The van der Waals surface area contributed by atoms with E-state index in [4.69, 9.17) is 9.47 Å². The molecule has 1 aliphatic rings. The van der Waals surface area contributed by atoms with Gasteiger partial charge in [0.05, 0.1) is 13.2 Å². The van der Waals surface area contributed by atoms with E-state index in [9.17, 15) is 5.11 Å². The highest BCUT2D eigenvalue weighted by Gasteiger charge is 2.21. The predicted octanol–water partition coefficient (Wildman–Crippen LogP) is 2.30. The maximum absolute atomic E-state index is 9.20. The van der Waals surface area contributed by atoms with Crippen LogP contribution in [0.2, 0.25) is 0 Å². The molecule has 0 spiro atoms. The molecule has 1 unspecified atom stereocenters. The standard InChI is InChI=1S/C16H25NO3/c1-3-19-15-6-5-13(9-16(15)20-4-2)10-17-8-7-14(11-17)12-18/h5-6,9,14,18H,3-4,7-8,10-12H2,1-2H3. The highest BCUT2D eigenvalue weighted by molar-refractivity contribution is 5.43. The molecule has 4 heteroatoms. The van der Waals surface area contributed by atoms with Crippen molar-refractivity contribution in [2.24, 2.45) is 5.92 Å². The van der Waals surface area contributed by atoms with Crippen molar-refractivity contribution in [3.63, 3.8) is 0 Å². The Morgan fingerprint density at radius 1 is 1.20 bits per heavy atom. The van der Waals surface area contributed by atoms with Crippen LogP contribution in [-0.4, -0.2) is 42.9 Å². The summed E-state index contributed by atoms with van der Waals surface area (Å²) in [4.78, 5) is 2.38. The van der Waals surface area contributed by atoms with Crippen LogP contribution < -0.4 is 9.47 Å². The third-order valence-electron chi connectivity index (χ3n) is 3.64. The van der Waals surface area contributed by atoms with Crippen molar-refractivity contribution < 1.29 is 14.6 Å². The lowest BCUT2D eigenvalue weighted by Gasteiger charge is -2.17. The Labute approximate surface area is 121 Å². The number of benzene rings is 1. The Balaban J connectivity index is 2.03. The van der Waals surface area contributed by atoms with Crippen molar-refractivity contribution >= 4 is 0 Å². The summed E-state index contributed by atoms with van der Waals surface area (Å²) in [5, 5.41) is 9.20. The van der Waals surface area contributed by atoms with Crippen LogP contribution in [0, 0.1) is 5.92 Å². The molecule has 4 nitrogen and oxygen atoms in total. The minimum atomic E-state index is 0.296. The Hall–Kier alpha value is -1.26. The van der Waals surface area contributed by atoms with Gasteiger partial charge in [-0.3, -0.25) is 4.90 Å². The zero-order valence-corrected chi connectivity index (χ0v) is 12.5. The molecule has 1 fully saturated rings. The number of ether oxygens (including phenoxy) is 2. The van der Waals surface area contributed by atoms with Gasteiger partial charge in [0, 0.05) is 19.7 Å². The second-order valence-electron chi connectivity index (χ2n) is 5.22. The zero-order chi connectivity index (χ0) is 14.4. The van der Waals surface area contributed by atoms with Crippen molar-refractivity contribution in [3.05, 3.63) is 23.8 Å². The van der Waals surface area contributed by atoms with Gasteiger partial charge in [0.1, 0.15) is 0 Å². The number of nitrogens with zero attached hydrogens (tertiary/aromatic N) is 1. The molecule has 0 bridgehead atoms. The van der Waals surface area contributed by atoms with E-state index < -0.39 is 0 Å². The number of aliphatic hydroxyl groups is 1. The van der Waals surface area contributed by atoms with Crippen LogP contribution in [0.3, 0.4) is 0 Å². The van der Waals surface area contributed by atoms with E-state index in [-0.39, 0.29) is 0 Å². The molecule has 1 heterocycles. The Bertz CT molecular complexity index is 422. The average molecular weight is 279 g/mol. The second kappa shape index (κ2) is 7.50. The highest BCUT2D eigenvalue weighted by Crippen LogP contribution is 2.29. The third-order valence-corrected chi connectivity index (χ3v) is 3.64. The molecule has 1 aromatic carbocycles. The molecular weight excluding hydrogens is 254 g/mol. The summed E-state index contributed by atoms with van der Waals surface area (Å²) in [7, 11) is 0. The van der Waals surface area contributed by atoms with E-state index in [1.807, 2.05) is 19.9 Å². The van der Waals surface area contributed by atoms with Gasteiger partial charge >= 0.3 is 0 Å². The number of aliphatic hydroxyl groups excluding tert-OH is 1. The fourth-order valence-electron chi connectivity index (χ4n) is 2.66. The van der Waals surface area contributed by atoms with E-state index in [2.05, 4.69) is 17.0 Å². The van der Waals surface area contributed by atoms with Gasteiger partial charge < -0.3 is 14.6 Å². The van der Waals surface area contributed by atoms with Crippen LogP contribution in [0.1, 0.15) is 25.8 Å². The van der Waals surface area contributed by atoms with Gasteiger partial charge in [0.2, 0.25) is 0 Å². The van der Waals surface area contributed by atoms with Crippen molar-refractivity contribution in [2.75, 3.05) is 32.9 Å². The molecule has 0 aromatic heterocycles. The summed E-state index contributed by atoms with van der Waals surface area (Å²) in [5.74, 6) is 2.07. The van der Waals surface area contributed by atoms with Crippen LogP contribution in [0.5, 0.6) is 11.5 Å². The number of likely N-dealkylation sites (tertiary alicyclic amines) is 1. The summed E-state index contributed by atoms with van der Waals surface area (Å²) in [6.07, 6.45) is 1.09. The largest absolute Gasteiger partial charge is 0.490 e. The van der Waals surface area contributed by atoms with E-state index in [0.29, 0.717) is 25.7 Å². The van der Waals surface area contributed by atoms with E-state index >= 15 is 0 Å². The van der Waals surface area contributed by atoms with Gasteiger partial charge in [0.25, 0.3) is 0 Å². The van der Waals surface area contributed by atoms with E-state index in [0.717, 1.165) is 37.6 Å². The Morgan fingerprint density at radius 2 is 1.95 bits per heavy atom. The van der Waals surface area contributed by atoms with Crippen LogP contribution in [0.25, 0.3) is 0 Å². The minimum absolute atomic E-state index is 0.296. The van der Waals surface area contributed by atoms with E-state index in [1.54, 1.807) is 0 Å². The molecular formula is C16H25NO3. The van der Waals surface area contributed by atoms with E-state index in [1.165, 1.54) is 5.56 Å². The van der Waals surface area contributed by atoms with Gasteiger partial charge in [0.15, 0.2) is 11.5 Å². The van der Waals surface area contributed by atoms with Crippen LogP contribution in [0.15, 0.2) is 18.2 Å². The zero-order valence-electron chi connectivity index (χ0n) is 12.5. The van der Waals surface area contributed by atoms with Gasteiger partial charge in [-0.15, -0.1) is 0 Å². The molecule has 2 rings (SSSR count). The van der Waals surface area contributed by atoms with Crippen molar-refractivity contribution in [1.82, 2.24) is 4.90 Å². The van der Waals surface area contributed by atoms with Crippen LogP contribution in [-0.2, 0) is 6.54 Å². The molecule has 1 atom stereocenters. The molecule has 1 aromatic rings. The summed E-state index contributed by atoms with van der Waals surface area (Å²) < 4.78 is 11.2. The molecule has 0 saturated carbocycles. The Morgan fingerprint density at radius 3 is 2.60 bits per heavy atom. The van der Waals surface area contributed by atoms with Crippen molar-refractivity contribution in [2.45, 2.75) is 26.8 Å². The first kappa shape index (κ1) is 15.1. The molecule has 0 radical (unpaired) electrons. The summed E-state index contributed by atoms with van der Waals surface area (Å²) in [5.41, 5.74) is 1.23. The minimum Gasteiger partial charge on any atom is -0.490 e. The molecule has 1 aliphatic heterocycles. The Kier molecular flexibility index (Phi) is 5.68. The first-order valence-electron chi connectivity index (χ1n) is 7.48. The number of hydrogen-bond acceptors (Lipinski definition) is 4. The third kappa shape index (κ3) is 3.87. The fourth-order valence-corrected chi connectivity index (χ4v) is 2.66. The molecule has 112 valence electrons. The quantitative estimate of drug-likeness (QED) is 0.831. The molecule has 1 N–H and O–H groups in total.